The van der Waals surface area contributed by atoms with E-state index in [9.17, 15) is 9.59 Å². The van der Waals surface area contributed by atoms with Crippen molar-refractivity contribution in [3.8, 4) is 5.69 Å². The Bertz CT molecular complexity index is 1300. The number of aliphatic imine (C=N–C) groups is 1. The number of hydrazone groups is 1. The molecule has 188 valence electrons. The number of hydrogen-bond acceptors (Lipinski definition) is 6. The van der Waals surface area contributed by atoms with E-state index in [1.54, 1.807) is 17.1 Å². The first-order chi connectivity index (χ1) is 17.4. The number of carboxylic acids is 1. The van der Waals surface area contributed by atoms with Gasteiger partial charge in [0.1, 0.15) is 17.7 Å². The maximum Gasteiger partial charge on any atom is 0.338 e. The van der Waals surface area contributed by atoms with Crippen molar-refractivity contribution in [1.82, 2.24) is 19.7 Å². The minimum atomic E-state index is -1.10. The third kappa shape index (κ3) is 4.43. The number of amides is 1. The first-order valence-corrected chi connectivity index (χ1v) is 12.4. The van der Waals surface area contributed by atoms with Crippen molar-refractivity contribution in [2.24, 2.45) is 10.1 Å². The van der Waals surface area contributed by atoms with Crippen LogP contribution in [0, 0.1) is 5.82 Å². The van der Waals surface area contributed by atoms with E-state index >= 15 is 4.39 Å². The SMILES string of the molecule is CCC1=CC(C(=O)N2CCCCC[C@H]2C)=NC2CC(c3ccc(-n4cc(C(=O)O)cn4)cc3F)=NN12. The van der Waals surface area contributed by atoms with Crippen molar-refractivity contribution in [1.29, 1.82) is 0 Å². The number of allylic oxidation sites excluding steroid dienone is 1. The Balaban J connectivity index is 1.38. The standard InChI is InChI=1S/C26H29FN6O3/c1-3-18-12-23(25(34)31-10-6-4-5-7-16(31)2)29-24-13-22(30-33(18)24)20-9-8-19(11-21(20)27)32-15-17(14-28-32)26(35)36/h8-9,11-12,14-16,24H,3-7,10,13H2,1-2H3,(H,35,36)/t16-,24?/m1/s1. The number of rotatable bonds is 5. The predicted octanol–water partition coefficient (Wildman–Crippen LogP) is 3.99. The Morgan fingerprint density at radius 3 is 2.78 bits per heavy atom. The molecular weight excluding hydrogens is 463 g/mol. The summed E-state index contributed by atoms with van der Waals surface area (Å²) in [6.07, 6.45) is 9.30. The maximum atomic E-state index is 15.2. The van der Waals surface area contributed by atoms with Crippen LogP contribution in [0.25, 0.3) is 5.69 Å². The number of carbonyl (C=O) groups excluding carboxylic acids is 1. The molecular formula is C26H29FN6O3. The number of hydrogen-bond donors (Lipinski definition) is 1. The van der Waals surface area contributed by atoms with E-state index in [0.717, 1.165) is 37.9 Å². The maximum absolute atomic E-state index is 15.2. The molecule has 5 rings (SSSR count). The van der Waals surface area contributed by atoms with Crippen LogP contribution in [0.5, 0.6) is 0 Å². The number of halogens is 1. The van der Waals surface area contributed by atoms with E-state index < -0.39 is 11.8 Å². The second-order valence-corrected chi connectivity index (χ2v) is 9.42. The number of benzene rings is 1. The van der Waals surface area contributed by atoms with Crippen LogP contribution >= 0.6 is 0 Å². The number of carboxylic acid groups (broad SMARTS) is 1. The molecule has 1 saturated heterocycles. The molecule has 1 amide bonds. The van der Waals surface area contributed by atoms with Crippen molar-refractivity contribution >= 4 is 23.3 Å². The highest BCUT2D eigenvalue weighted by atomic mass is 19.1. The van der Waals surface area contributed by atoms with Gasteiger partial charge in [0.15, 0.2) is 0 Å². The van der Waals surface area contributed by atoms with E-state index in [2.05, 4.69) is 17.1 Å². The van der Waals surface area contributed by atoms with Gasteiger partial charge in [-0.3, -0.25) is 9.79 Å². The molecule has 4 heterocycles. The van der Waals surface area contributed by atoms with Crippen molar-refractivity contribution in [3.05, 3.63) is 59.3 Å². The molecule has 3 aliphatic rings. The number of carbonyl (C=O) groups is 2. The van der Waals surface area contributed by atoms with Crippen LogP contribution in [0.15, 0.2) is 52.5 Å². The van der Waals surface area contributed by atoms with Crippen LogP contribution in [0.2, 0.25) is 0 Å². The smallest absolute Gasteiger partial charge is 0.338 e. The van der Waals surface area contributed by atoms with Gasteiger partial charge in [-0.1, -0.05) is 19.8 Å². The van der Waals surface area contributed by atoms with Gasteiger partial charge in [0.2, 0.25) is 0 Å². The molecule has 1 unspecified atom stereocenters. The third-order valence-corrected chi connectivity index (χ3v) is 7.03. The fourth-order valence-electron chi connectivity index (χ4n) is 5.00. The summed E-state index contributed by atoms with van der Waals surface area (Å²) >= 11 is 0. The van der Waals surface area contributed by atoms with Gasteiger partial charge in [0.25, 0.3) is 5.91 Å². The quantitative estimate of drug-likeness (QED) is 0.680. The summed E-state index contributed by atoms with van der Waals surface area (Å²) in [5.74, 6) is -1.63. The second kappa shape index (κ2) is 9.67. The number of fused-ring (bicyclic) bond motifs is 1. The van der Waals surface area contributed by atoms with Crippen LogP contribution in [-0.2, 0) is 4.79 Å². The lowest BCUT2D eigenvalue weighted by Gasteiger charge is -2.31. The molecule has 1 N–H and O–H groups in total. The monoisotopic (exact) mass is 492 g/mol. The Kier molecular flexibility index (Phi) is 6.42. The molecule has 0 spiro atoms. The average molecular weight is 493 g/mol. The summed E-state index contributed by atoms with van der Waals surface area (Å²) in [4.78, 5) is 31.2. The fraction of sp³-hybridized carbons (Fsp3) is 0.423. The molecule has 1 aromatic carbocycles. The van der Waals surface area contributed by atoms with E-state index in [1.807, 2.05) is 17.9 Å². The third-order valence-electron chi connectivity index (χ3n) is 7.03. The normalized spacial score (nSPS) is 21.9. The number of aromatic nitrogens is 2. The molecule has 0 bridgehead atoms. The molecule has 1 aromatic heterocycles. The van der Waals surface area contributed by atoms with E-state index in [0.29, 0.717) is 35.5 Å². The number of likely N-dealkylation sites (tertiary alicyclic amines) is 1. The average Bonchev–Trinajstić information content (AvgIpc) is 3.47. The summed E-state index contributed by atoms with van der Waals surface area (Å²) in [6, 6.07) is 4.78. The highest BCUT2D eigenvalue weighted by molar-refractivity contribution is 6.43. The Labute approximate surface area is 208 Å². The van der Waals surface area contributed by atoms with Gasteiger partial charge in [-0.25, -0.2) is 18.9 Å². The van der Waals surface area contributed by atoms with Crippen molar-refractivity contribution in [2.45, 2.75) is 64.6 Å². The lowest BCUT2D eigenvalue weighted by Crippen LogP contribution is -2.44. The lowest BCUT2D eigenvalue weighted by atomic mass is 10.0. The Hall–Kier alpha value is -3.82. The van der Waals surface area contributed by atoms with Crippen molar-refractivity contribution < 1.29 is 19.1 Å². The number of aromatic carboxylic acids is 1. The zero-order valence-corrected chi connectivity index (χ0v) is 20.4. The van der Waals surface area contributed by atoms with Crippen molar-refractivity contribution in [3.63, 3.8) is 0 Å². The molecule has 9 nitrogen and oxygen atoms in total. The first kappa shape index (κ1) is 23.9. The van der Waals surface area contributed by atoms with Gasteiger partial charge < -0.3 is 10.0 Å². The van der Waals surface area contributed by atoms with Gasteiger partial charge >= 0.3 is 5.97 Å². The van der Waals surface area contributed by atoms with E-state index in [1.165, 1.54) is 23.1 Å². The molecule has 10 heteroatoms. The predicted molar refractivity (Wildman–Crippen MR) is 133 cm³/mol. The van der Waals surface area contributed by atoms with Gasteiger partial charge in [-0.05, 0) is 44.4 Å². The number of nitrogens with zero attached hydrogens (tertiary/aromatic N) is 6. The van der Waals surface area contributed by atoms with Crippen LogP contribution in [0.3, 0.4) is 0 Å². The minimum Gasteiger partial charge on any atom is -0.478 e. The van der Waals surface area contributed by atoms with Gasteiger partial charge in [0.05, 0.1) is 23.2 Å². The van der Waals surface area contributed by atoms with Gasteiger partial charge in [-0.2, -0.15) is 10.2 Å². The summed E-state index contributed by atoms with van der Waals surface area (Å²) in [7, 11) is 0. The van der Waals surface area contributed by atoms with Gasteiger partial charge in [-0.15, -0.1) is 0 Å². The van der Waals surface area contributed by atoms with E-state index in [4.69, 9.17) is 10.1 Å². The molecule has 0 radical (unpaired) electrons. The molecule has 0 saturated carbocycles. The first-order valence-electron chi connectivity index (χ1n) is 12.4. The molecule has 0 aliphatic carbocycles. The topological polar surface area (TPSA) is 103 Å². The second-order valence-electron chi connectivity index (χ2n) is 9.42. The van der Waals surface area contributed by atoms with Crippen LogP contribution in [0.1, 0.15) is 68.3 Å². The fourth-order valence-corrected chi connectivity index (χ4v) is 5.00. The van der Waals surface area contributed by atoms with E-state index in [-0.39, 0.29) is 23.7 Å². The zero-order chi connectivity index (χ0) is 25.4. The summed E-state index contributed by atoms with van der Waals surface area (Å²) in [6.45, 7) is 4.84. The van der Waals surface area contributed by atoms with Crippen LogP contribution < -0.4 is 0 Å². The summed E-state index contributed by atoms with van der Waals surface area (Å²) in [5, 5.41) is 19.6. The Morgan fingerprint density at radius 2 is 2.06 bits per heavy atom. The highest BCUT2D eigenvalue weighted by Crippen LogP contribution is 2.31. The van der Waals surface area contributed by atoms with Gasteiger partial charge in [0, 0.05) is 42.5 Å². The Morgan fingerprint density at radius 1 is 1.22 bits per heavy atom. The molecule has 36 heavy (non-hydrogen) atoms. The largest absolute Gasteiger partial charge is 0.478 e. The van der Waals surface area contributed by atoms with Crippen LogP contribution in [-0.4, -0.2) is 66.8 Å². The van der Waals surface area contributed by atoms with Crippen molar-refractivity contribution in [2.75, 3.05) is 6.54 Å². The van der Waals surface area contributed by atoms with Crippen LogP contribution in [0.4, 0.5) is 4.39 Å². The highest BCUT2D eigenvalue weighted by Gasteiger charge is 2.35. The molecule has 2 atom stereocenters. The minimum absolute atomic E-state index is 0.0215. The summed E-state index contributed by atoms with van der Waals surface area (Å²) < 4.78 is 16.5. The summed E-state index contributed by atoms with van der Waals surface area (Å²) in [5.41, 5.74) is 2.65. The lowest BCUT2D eigenvalue weighted by molar-refractivity contribution is -0.125. The zero-order valence-electron chi connectivity index (χ0n) is 20.4. The molecule has 1 fully saturated rings. The molecule has 3 aliphatic heterocycles. The molecule has 2 aromatic rings.